The largest absolute Gasteiger partial charge is 0.488 e. The first-order valence-corrected chi connectivity index (χ1v) is 11.5. The third kappa shape index (κ3) is 5.68. The number of aliphatic imine (C=N–C) groups is 2. The summed E-state index contributed by atoms with van der Waals surface area (Å²) in [7, 11) is 0. The minimum atomic E-state index is 0.0975. The average molecular weight is 447 g/mol. The highest BCUT2D eigenvalue weighted by Crippen LogP contribution is 2.43. The molecular formula is C25H30N6O2. The van der Waals surface area contributed by atoms with Crippen LogP contribution in [0.3, 0.4) is 0 Å². The zero-order valence-corrected chi connectivity index (χ0v) is 19.0. The monoisotopic (exact) mass is 446 g/mol. The summed E-state index contributed by atoms with van der Waals surface area (Å²) >= 11 is 0. The van der Waals surface area contributed by atoms with Crippen LogP contribution >= 0.6 is 0 Å². The molecule has 33 heavy (non-hydrogen) atoms. The lowest BCUT2D eigenvalue weighted by Crippen LogP contribution is -2.36. The Labute approximate surface area is 195 Å². The van der Waals surface area contributed by atoms with Crippen LogP contribution in [0.5, 0.6) is 5.75 Å². The molecule has 1 aromatic carbocycles. The van der Waals surface area contributed by atoms with Gasteiger partial charge in [-0.15, -0.1) is 0 Å². The van der Waals surface area contributed by atoms with Gasteiger partial charge in [-0.05, 0) is 57.5 Å². The van der Waals surface area contributed by atoms with Crippen LogP contribution in [0.15, 0.2) is 40.4 Å². The molecule has 2 fully saturated rings. The van der Waals surface area contributed by atoms with Gasteiger partial charge in [0.05, 0.1) is 36.6 Å². The number of rotatable bonds is 7. The lowest BCUT2D eigenvalue weighted by atomic mass is 9.93. The number of nitrogens with zero attached hydrogens (tertiary/aromatic N) is 5. The van der Waals surface area contributed by atoms with Crippen molar-refractivity contribution < 1.29 is 9.47 Å². The van der Waals surface area contributed by atoms with Crippen molar-refractivity contribution in [2.75, 3.05) is 36.5 Å². The van der Waals surface area contributed by atoms with Gasteiger partial charge in [0, 0.05) is 43.3 Å². The number of hydrogen-bond acceptors (Lipinski definition) is 8. The fourth-order valence-corrected chi connectivity index (χ4v) is 4.36. The standard InChI is InChI=1S/C25H30N6O2/c1-3-28-22-15-20(31-10-12-32-13-11-31)16-23(25(22)27-2)33-21-6-4-19(5-7-21)30-24-14-18(17-26)8-9-29-24/h3,8-9,14-16,19,21H,2,4-7,10-13H2,1H3,(H,29,30). The van der Waals surface area contributed by atoms with Crippen molar-refractivity contribution in [3.05, 3.63) is 36.0 Å². The van der Waals surface area contributed by atoms with E-state index in [1.54, 1.807) is 24.5 Å². The molecule has 0 unspecified atom stereocenters. The van der Waals surface area contributed by atoms with Crippen LogP contribution in [-0.2, 0) is 4.74 Å². The van der Waals surface area contributed by atoms with Crippen molar-refractivity contribution in [1.29, 1.82) is 5.26 Å². The molecule has 2 aromatic rings. The van der Waals surface area contributed by atoms with E-state index in [0.717, 1.165) is 61.7 Å². The third-order valence-electron chi connectivity index (χ3n) is 6.05. The van der Waals surface area contributed by atoms with Gasteiger partial charge in [0.25, 0.3) is 0 Å². The maximum Gasteiger partial charge on any atom is 0.149 e. The van der Waals surface area contributed by atoms with E-state index in [9.17, 15) is 0 Å². The van der Waals surface area contributed by atoms with E-state index in [0.29, 0.717) is 30.5 Å². The Morgan fingerprint density at radius 2 is 2.03 bits per heavy atom. The molecule has 8 heteroatoms. The Morgan fingerprint density at radius 3 is 2.73 bits per heavy atom. The Kier molecular flexibility index (Phi) is 7.53. The number of hydrogen-bond donors (Lipinski definition) is 1. The molecule has 8 nitrogen and oxygen atoms in total. The zero-order valence-electron chi connectivity index (χ0n) is 19.0. The maximum absolute atomic E-state index is 9.09. The van der Waals surface area contributed by atoms with E-state index in [4.69, 9.17) is 14.7 Å². The SMILES string of the molecule is C=Nc1c(N=CC)cc(N2CCOCC2)cc1OC1CCC(Nc2cc(C#N)ccn2)CC1. The van der Waals surface area contributed by atoms with Gasteiger partial charge in [-0.3, -0.25) is 9.98 Å². The van der Waals surface area contributed by atoms with E-state index in [1.165, 1.54) is 0 Å². The first-order chi connectivity index (χ1) is 16.2. The average Bonchev–Trinajstić information content (AvgIpc) is 2.86. The molecule has 4 rings (SSSR count). The lowest BCUT2D eigenvalue weighted by Gasteiger charge is -2.32. The van der Waals surface area contributed by atoms with Crippen molar-refractivity contribution in [2.45, 2.75) is 44.8 Å². The number of ether oxygens (including phenoxy) is 2. The molecule has 1 saturated heterocycles. The van der Waals surface area contributed by atoms with E-state index in [-0.39, 0.29) is 6.10 Å². The second-order valence-electron chi connectivity index (χ2n) is 8.23. The molecule has 0 radical (unpaired) electrons. The van der Waals surface area contributed by atoms with Gasteiger partial charge in [-0.2, -0.15) is 5.26 Å². The van der Waals surface area contributed by atoms with Crippen LogP contribution in [0.2, 0.25) is 0 Å². The predicted octanol–water partition coefficient (Wildman–Crippen LogP) is 4.65. The van der Waals surface area contributed by atoms with Crippen molar-refractivity contribution in [1.82, 2.24) is 4.98 Å². The fraction of sp³-hybridized carbons (Fsp3) is 0.440. The quantitative estimate of drug-likeness (QED) is 0.622. The Morgan fingerprint density at radius 1 is 1.24 bits per heavy atom. The molecule has 2 heterocycles. The third-order valence-corrected chi connectivity index (χ3v) is 6.05. The van der Waals surface area contributed by atoms with Crippen molar-refractivity contribution in [2.24, 2.45) is 9.98 Å². The minimum absolute atomic E-state index is 0.0975. The van der Waals surface area contributed by atoms with Crippen molar-refractivity contribution >= 4 is 35.8 Å². The summed E-state index contributed by atoms with van der Waals surface area (Å²) in [6, 6.07) is 10.1. The van der Waals surface area contributed by atoms with Gasteiger partial charge >= 0.3 is 0 Å². The van der Waals surface area contributed by atoms with Crippen molar-refractivity contribution in [3.8, 4) is 11.8 Å². The van der Waals surface area contributed by atoms with Gasteiger partial charge in [0.1, 0.15) is 17.3 Å². The summed E-state index contributed by atoms with van der Waals surface area (Å²) in [4.78, 5) is 15.4. The summed E-state index contributed by atoms with van der Waals surface area (Å²) in [5, 5.41) is 12.5. The predicted molar refractivity (Wildman–Crippen MR) is 132 cm³/mol. The Balaban J connectivity index is 1.45. The second-order valence-corrected chi connectivity index (χ2v) is 8.23. The smallest absolute Gasteiger partial charge is 0.149 e. The van der Waals surface area contributed by atoms with Gasteiger partial charge in [0.15, 0.2) is 0 Å². The van der Waals surface area contributed by atoms with E-state index in [2.05, 4.69) is 44.0 Å². The summed E-state index contributed by atoms with van der Waals surface area (Å²) in [5.41, 5.74) is 3.13. The van der Waals surface area contributed by atoms with Gasteiger partial charge in [0.2, 0.25) is 0 Å². The number of pyridine rings is 1. The molecule has 1 aromatic heterocycles. The number of morpholine rings is 1. The summed E-state index contributed by atoms with van der Waals surface area (Å²) in [6.07, 6.45) is 7.29. The number of aromatic nitrogens is 1. The normalized spacial score (nSPS) is 20.9. The first kappa shape index (κ1) is 22.7. The number of nitriles is 1. The van der Waals surface area contributed by atoms with E-state index >= 15 is 0 Å². The Hall–Kier alpha value is -3.44. The highest BCUT2D eigenvalue weighted by atomic mass is 16.5. The van der Waals surface area contributed by atoms with Crippen molar-refractivity contribution in [3.63, 3.8) is 0 Å². The van der Waals surface area contributed by atoms with E-state index in [1.807, 2.05) is 13.0 Å². The van der Waals surface area contributed by atoms with Crippen LogP contribution in [-0.4, -0.2) is 56.4 Å². The summed E-state index contributed by atoms with van der Waals surface area (Å²) < 4.78 is 12.0. The number of nitrogens with one attached hydrogen (secondary N) is 1. The topological polar surface area (TPSA) is 95.1 Å². The number of benzene rings is 1. The molecule has 1 aliphatic heterocycles. The van der Waals surface area contributed by atoms with Gasteiger partial charge < -0.3 is 19.7 Å². The Bertz CT molecular complexity index is 1030. The van der Waals surface area contributed by atoms with Crippen LogP contribution in [0.25, 0.3) is 0 Å². The molecule has 1 saturated carbocycles. The van der Waals surface area contributed by atoms with E-state index < -0.39 is 0 Å². The molecular weight excluding hydrogens is 416 g/mol. The molecule has 0 atom stereocenters. The first-order valence-electron chi connectivity index (χ1n) is 11.5. The molecule has 0 bridgehead atoms. The minimum Gasteiger partial charge on any atom is -0.488 e. The van der Waals surface area contributed by atoms with Crippen LogP contribution in [0.1, 0.15) is 38.2 Å². The van der Waals surface area contributed by atoms with Crippen LogP contribution in [0.4, 0.5) is 22.9 Å². The van der Waals surface area contributed by atoms with Crippen LogP contribution in [0, 0.1) is 11.3 Å². The summed E-state index contributed by atoms with van der Waals surface area (Å²) in [6.45, 7) is 8.77. The molecule has 0 amide bonds. The maximum atomic E-state index is 9.09. The van der Waals surface area contributed by atoms with Gasteiger partial charge in [-0.1, -0.05) is 0 Å². The molecule has 1 aliphatic carbocycles. The number of anilines is 2. The fourth-order valence-electron chi connectivity index (χ4n) is 4.36. The molecule has 172 valence electrons. The molecule has 2 aliphatic rings. The highest BCUT2D eigenvalue weighted by molar-refractivity contribution is 5.80. The zero-order chi connectivity index (χ0) is 23.0. The molecule has 0 spiro atoms. The second kappa shape index (κ2) is 10.9. The van der Waals surface area contributed by atoms with Crippen LogP contribution < -0.4 is 15.0 Å². The highest BCUT2D eigenvalue weighted by Gasteiger charge is 2.25. The molecule has 1 N–H and O–H groups in total. The lowest BCUT2D eigenvalue weighted by molar-refractivity contribution is 0.122. The summed E-state index contributed by atoms with van der Waals surface area (Å²) in [5.74, 6) is 1.48. The van der Waals surface area contributed by atoms with Gasteiger partial charge in [-0.25, -0.2) is 4.98 Å².